The summed E-state index contributed by atoms with van der Waals surface area (Å²) in [6, 6.07) is 87.7. The molecule has 10 aromatic rings. The lowest BCUT2D eigenvalue weighted by Gasteiger charge is -2.28. The van der Waals surface area contributed by atoms with E-state index in [1.54, 1.807) is 48.5 Å². The third kappa shape index (κ3) is 8.45. The summed E-state index contributed by atoms with van der Waals surface area (Å²) in [5.74, 6) is -1.24. The Kier molecular flexibility index (Phi) is 14.0. The van der Waals surface area contributed by atoms with Crippen LogP contribution < -0.4 is 81.8 Å². The van der Waals surface area contributed by atoms with Gasteiger partial charge in [0.15, 0.2) is 0 Å². The van der Waals surface area contributed by atoms with Gasteiger partial charge in [0.1, 0.15) is 68.5 Å². The smallest absolute Gasteiger partial charge is 0.266 e. The maximum Gasteiger partial charge on any atom is 0.266 e. The number of halogens is 2. The Hall–Kier alpha value is -8.28. The van der Waals surface area contributed by atoms with Crippen molar-refractivity contribution in [1.82, 2.24) is 0 Å². The van der Waals surface area contributed by atoms with Crippen molar-refractivity contribution in [3.8, 4) is 11.5 Å². The van der Waals surface area contributed by atoms with Gasteiger partial charge >= 0.3 is 0 Å². The number of fused-ring (bicyclic) bond motifs is 2. The number of benzene rings is 10. The van der Waals surface area contributed by atoms with Gasteiger partial charge < -0.3 is 29.6 Å². The van der Waals surface area contributed by atoms with E-state index >= 15 is 0 Å². The van der Waals surface area contributed by atoms with E-state index < -0.39 is 38.2 Å². The molecule has 0 aromatic heterocycles. The second-order valence-corrected chi connectivity index (χ2v) is 24.6. The maximum atomic E-state index is 14.5. The fourth-order valence-corrected chi connectivity index (χ4v) is 19.1. The standard InChI is InChI=1S/C64H44N2O5P2.2ClH/c67-61-57-39-37-47(43-59(57)63(69)65(61)45-21-19-35-55(41-45)72(49-23-7-1-8-24-49,50-25-9-2-10-26-50)51-27-11-3-12-28-51)71-48-38-40-58-60(44-48)64(70)66(62(58)68)46-22-20-36-56(42-46)73(52-29-13-4-14-30-52,53-31-15-5-16-32-53)54-33-17-6-18-34-54;;/h1-44H;2*1H/q+2;;/p-2. The van der Waals surface area contributed by atoms with Crippen molar-refractivity contribution in [2.24, 2.45) is 0 Å². The number of carbonyl (C=O) groups excluding carboxylic acids is 4. The van der Waals surface area contributed by atoms with Crippen LogP contribution in [0.1, 0.15) is 41.4 Å². The van der Waals surface area contributed by atoms with E-state index in [4.69, 9.17) is 4.74 Å². The third-order valence-corrected chi connectivity index (χ3v) is 22.3. The van der Waals surface area contributed by atoms with Gasteiger partial charge in [0, 0.05) is 12.1 Å². The minimum absolute atomic E-state index is 0. The molecule has 0 spiro atoms. The van der Waals surface area contributed by atoms with Crippen molar-refractivity contribution in [3.05, 3.63) is 289 Å². The van der Waals surface area contributed by atoms with E-state index in [1.807, 2.05) is 133 Å². The first kappa shape index (κ1) is 50.3. The lowest BCUT2D eigenvalue weighted by Crippen LogP contribution is -3.00. The van der Waals surface area contributed by atoms with Gasteiger partial charge in [-0.05, 0) is 133 Å². The molecule has 2 aliphatic heterocycles. The van der Waals surface area contributed by atoms with Crippen molar-refractivity contribution in [3.63, 3.8) is 0 Å². The zero-order valence-electron chi connectivity index (χ0n) is 40.0. The quantitative estimate of drug-likeness (QED) is 0.135. The van der Waals surface area contributed by atoms with Crippen molar-refractivity contribution in [2.45, 2.75) is 0 Å². The topological polar surface area (TPSA) is 84.0 Å². The molecule has 75 heavy (non-hydrogen) atoms. The van der Waals surface area contributed by atoms with Gasteiger partial charge in [0.2, 0.25) is 0 Å². The first-order valence-corrected chi connectivity index (χ1v) is 27.5. The molecule has 0 N–H and O–H groups in total. The number of carbonyl (C=O) groups is 4. The molecule has 0 radical (unpaired) electrons. The first-order valence-electron chi connectivity index (χ1n) is 23.9. The molecule has 0 unspecified atom stereocenters. The highest BCUT2D eigenvalue weighted by molar-refractivity contribution is 8.02. The average molecular weight is 1050 g/mol. The molecule has 4 amide bonds. The summed E-state index contributed by atoms with van der Waals surface area (Å²) in [5, 5.41) is 8.83. The Bertz CT molecular complexity index is 3320. The van der Waals surface area contributed by atoms with Crippen LogP contribution in [0.25, 0.3) is 0 Å². The number of imide groups is 2. The van der Waals surface area contributed by atoms with Crippen LogP contribution in [-0.2, 0) is 0 Å². The number of hydrogen-bond donors (Lipinski definition) is 0. The fraction of sp³-hybridized carbons (Fsp3) is 0. The summed E-state index contributed by atoms with van der Waals surface area (Å²) in [6.45, 7) is 0. The number of nitrogens with zero attached hydrogens (tertiary/aromatic N) is 2. The average Bonchev–Trinajstić information content (AvgIpc) is 3.86. The molecule has 0 aliphatic carbocycles. The molecule has 0 atom stereocenters. The first-order chi connectivity index (χ1) is 35.9. The summed E-state index contributed by atoms with van der Waals surface area (Å²) in [7, 11) is -5.06. The predicted octanol–water partition coefficient (Wildman–Crippen LogP) is 4.33. The number of anilines is 2. The molecule has 2 aliphatic rings. The molecule has 0 fully saturated rings. The van der Waals surface area contributed by atoms with Crippen molar-refractivity contribution in [2.75, 3.05) is 9.80 Å². The van der Waals surface area contributed by atoms with E-state index in [0.717, 1.165) is 42.4 Å². The Morgan fingerprint density at radius 2 is 0.507 bits per heavy atom. The molecule has 2 heterocycles. The lowest BCUT2D eigenvalue weighted by molar-refractivity contribution is -0.001000. The molecule has 7 nitrogen and oxygen atoms in total. The highest BCUT2D eigenvalue weighted by atomic mass is 35.5. The number of ether oxygens (including phenoxy) is 1. The summed E-state index contributed by atoms with van der Waals surface area (Å²) in [5.41, 5.74) is 1.82. The van der Waals surface area contributed by atoms with Gasteiger partial charge in [0.25, 0.3) is 23.6 Å². The molecule has 0 bridgehead atoms. The highest BCUT2D eigenvalue weighted by Crippen LogP contribution is 2.56. The van der Waals surface area contributed by atoms with Crippen LogP contribution in [0.5, 0.6) is 11.5 Å². The summed E-state index contributed by atoms with van der Waals surface area (Å²) in [6.07, 6.45) is 0. The van der Waals surface area contributed by atoms with E-state index in [-0.39, 0.29) is 47.1 Å². The molecule has 12 rings (SSSR count). The van der Waals surface area contributed by atoms with Crippen LogP contribution >= 0.6 is 14.5 Å². The minimum Gasteiger partial charge on any atom is -1.00 e. The monoisotopic (exact) mass is 1050 g/mol. The van der Waals surface area contributed by atoms with Crippen LogP contribution in [0, 0.1) is 0 Å². The summed E-state index contributed by atoms with van der Waals surface area (Å²) < 4.78 is 6.34. The summed E-state index contributed by atoms with van der Waals surface area (Å²) >= 11 is 0. The molecular formula is C64H44Cl2N2O5P2. The van der Waals surface area contributed by atoms with Gasteiger partial charge in [-0.3, -0.25) is 19.2 Å². The lowest BCUT2D eigenvalue weighted by atomic mass is 10.1. The third-order valence-electron chi connectivity index (χ3n) is 13.8. The van der Waals surface area contributed by atoms with Gasteiger partial charge in [-0.25, -0.2) is 9.80 Å². The largest absolute Gasteiger partial charge is 1.00 e. The maximum absolute atomic E-state index is 14.5. The predicted molar refractivity (Wildman–Crippen MR) is 298 cm³/mol. The second kappa shape index (κ2) is 20.9. The Morgan fingerprint density at radius 3 is 0.787 bits per heavy atom. The number of rotatable bonds is 12. The molecule has 10 aromatic carbocycles. The van der Waals surface area contributed by atoms with Crippen LogP contribution in [0.4, 0.5) is 11.4 Å². The summed E-state index contributed by atoms with van der Waals surface area (Å²) in [4.78, 5) is 60.0. The SMILES string of the molecule is O=C1c2ccc(Oc3ccc4c(c3)C(=O)N(c3cccc([P+](c5ccccc5)(c5ccccc5)c5ccccc5)c3)C4=O)cc2C(=O)N1c1cccc([P+](c2ccccc2)(c2ccccc2)c2ccccc2)c1.[Cl-].[Cl-]. The molecule has 0 saturated carbocycles. The number of hydrogen-bond acceptors (Lipinski definition) is 5. The normalized spacial score (nSPS) is 12.9. The Labute approximate surface area is 448 Å². The van der Waals surface area contributed by atoms with Crippen LogP contribution in [-0.4, -0.2) is 23.6 Å². The fourth-order valence-electron chi connectivity index (χ4n) is 10.6. The molecule has 11 heteroatoms. The number of amides is 4. The highest BCUT2D eigenvalue weighted by Gasteiger charge is 2.50. The van der Waals surface area contributed by atoms with E-state index in [2.05, 4.69) is 84.9 Å². The van der Waals surface area contributed by atoms with Gasteiger partial charge in [-0.15, -0.1) is 0 Å². The molecular weight excluding hydrogens is 1010 g/mol. The second-order valence-electron chi connectivity index (χ2n) is 17.8. The van der Waals surface area contributed by atoms with Crippen LogP contribution in [0.2, 0.25) is 0 Å². The van der Waals surface area contributed by atoms with Crippen molar-refractivity contribution < 1.29 is 48.7 Å². The molecule has 0 saturated heterocycles. The van der Waals surface area contributed by atoms with E-state index in [0.29, 0.717) is 22.9 Å². The van der Waals surface area contributed by atoms with Crippen molar-refractivity contribution >= 4 is 92.0 Å². The Morgan fingerprint density at radius 1 is 0.253 bits per heavy atom. The van der Waals surface area contributed by atoms with Crippen LogP contribution in [0.3, 0.4) is 0 Å². The Balaban J connectivity index is 0.00000321. The molecule has 364 valence electrons. The minimum atomic E-state index is -2.53. The van der Waals surface area contributed by atoms with E-state index in [1.165, 1.54) is 9.80 Å². The van der Waals surface area contributed by atoms with Gasteiger partial charge in [0.05, 0.1) is 33.6 Å². The zero-order chi connectivity index (χ0) is 49.5. The zero-order valence-corrected chi connectivity index (χ0v) is 43.3. The van der Waals surface area contributed by atoms with Gasteiger partial charge in [-0.2, -0.15) is 0 Å². The van der Waals surface area contributed by atoms with Crippen LogP contribution in [0.15, 0.2) is 267 Å². The van der Waals surface area contributed by atoms with E-state index in [9.17, 15) is 19.2 Å². The van der Waals surface area contributed by atoms with Gasteiger partial charge in [-0.1, -0.05) is 121 Å². The van der Waals surface area contributed by atoms with Crippen molar-refractivity contribution in [1.29, 1.82) is 0 Å².